The zero-order valence-electron chi connectivity index (χ0n) is 9.48. The highest BCUT2D eigenvalue weighted by Gasteiger charge is 2.02. The van der Waals surface area contributed by atoms with Crippen molar-refractivity contribution in [3.05, 3.63) is 11.6 Å². The summed E-state index contributed by atoms with van der Waals surface area (Å²) in [6.07, 6.45) is 0. The summed E-state index contributed by atoms with van der Waals surface area (Å²) in [6.45, 7) is 2.97. The Kier molecular flexibility index (Phi) is 4.79. The molecular weight excluding hydrogens is 230 g/mol. The molecule has 8 heteroatoms. The summed E-state index contributed by atoms with van der Waals surface area (Å²) in [4.78, 5) is 26.2. The van der Waals surface area contributed by atoms with Crippen molar-refractivity contribution in [3.8, 4) is 5.88 Å². The van der Waals surface area contributed by atoms with E-state index in [1.165, 1.54) is 13.0 Å². The van der Waals surface area contributed by atoms with Crippen molar-refractivity contribution in [3.63, 3.8) is 0 Å². The summed E-state index contributed by atoms with van der Waals surface area (Å²) in [5.41, 5.74) is 0.283. The Morgan fingerprint density at radius 3 is 2.82 bits per heavy atom. The molecule has 8 nitrogen and oxygen atoms in total. The van der Waals surface area contributed by atoms with Gasteiger partial charge in [-0.05, 0) is 6.92 Å². The molecule has 1 rings (SSSR count). The number of carbonyl (C=O) groups is 2. The van der Waals surface area contributed by atoms with Crippen molar-refractivity contribution in [2.45, 2.75) is 13.8 Å². The Labute approximate surface area is 96.5 Å². The number of aromatic amines is 2. The van der Waals surface area contributed by atoms with E-state index in [0.29, 0.717) is 0 Å². The number of ether oxygens (including phenoxy) is 2. The first-order valence-corrected chi connectivity index (χ1v) is 4.89. The van der Waals surface area contributed by atoms with Gasteiger partial charge in [-0.3, -0.25) is 15.0 Å². The number of nitrogens with one attached hydrogen (secondary N) is 2. The average molecular weight is 243 g/mol. The standard InChI is InChI=1S/C9H13N3O5/c1-3-15-9(14)5-16-12-7-4-8(11-10-7)17-6(2)13/h4H,3,5H2,1-2H3,(H2,10,11,12). The van der Waals surface area contributed by atoms with Gasteiger partial charge in [-0.15, -0.1) is 0 Å². The van der Waals surface area contributed by atoms with Crippen LogP contribution in [0.3, 0.4) is 0 Å². The molecule has 0 fully saturated rings. The van der Waals surface area contributed by atoms with Crippen molar-refractivity contribution >= 4 is 11.9 Å². The minimum absolute atomic E-state index is 0.205. The van der Waals surface area contributed by atoms with Crippen LogP contribution in [-0.2, 0) is 19.2 Å². The van der Waals surface area contributed by atoms with Gasteiger partial charge in [0.05, 0.1) is 6.61 Å². The lowest BCUT2D eigenvalue weighted by Crippen LogP contribution is -2.12. The van der Waals surface area contributed by atoms with Crippen LogP contribution < -0.4 is 10.2 Å². The second-order valence-corrected chi connectivity index (χ2v) is 2.91. The number of esters is 2. The van der Waals surface area contributed by atoms with Gasteiger partial charge >= 0.3 is 11.9 Å². The molecule has 0 aromatic carbocycles. The molecule has 0 saturated heterocycles. The lowest BCUT2D eigenvalue weighted by atomic mass is 10.6. The largest absolute Gasteiger partial charge is 0.463 e. The molecule has 2 N–H and O–H groups in total. The van der Waals surface area contributed by atoms with E-state index in [2.05, 4.69) is 20.1 Å². The van der Waals surface area contributed by atoms with Crippen LogP contribution in [0.15, 0.2) is 11.2 Å². The zero-order chi connectivity index (χ0) is 12.7. The van der Waals surface area contributed by atoms with Gasteiger partial charge < -0.3 is 14.3 Å². The summed E-state index contributed by atoms with van der Waals surface area (Å²) in [5.74, 6) is -0.762. The highest BCUT2D eigenvalue weighted by atomic mass is 16.7. The van der Waals surface area contributed by atoms with E-state index in [1.807, 2.05) is 0 Å². The van der Waals surface area contributed by atoms with Crippen LogP contribution >= 0.6 is 0 Å². The number of nitrogens with zero attached hydrogens (tertiary/aromatic N) is 1. The Balaban J connectivity index is 2.47. The first kappa shape index (κ1) is 12.8. The third-order valence-corrected chi connectivity index (χ3v) is 1.49. The van der Waals surface area contributed by atoms with Crippen LogP contribution in [0.2, 0.25) is 0 Å². The molecule has 0 unspecified atom stereocenters. The highest BCUT2D eigenvalue weighted by molar-refractivity contribution is 5.70. The van der Waals surface area contributed by atoms with E-state index >= 15 is 0 Å². The number of rotatable bonds is 5. The van der Waals surface area contributed by atoms with Gasteiger partial charge in [0.1, 0.15) is 0 Å². The van der Waals surface area contributed by atoms with E-state index in [9.17, 15) is 9.59 Å². The van der Waals surface area contributed by atoms with Crippen molar-refractivity contribution in [2.75, 3.05) is 13.2 Å². The van der Waals surface area contributed by atoms with Gasteiger partial charge in [-0.25, -0.2) is 4.79 Å². The van der Waals surface area contributed by atoms with Gasteiger partial charge in [0.15, 0.2) is 5.49 Å². The molecule has 0 bridgehead atoms. The fourth-order valence-corrected chi connectivity index (χ4v) is 0.938. The summed E-state index contributed by atoms with van der Waals surface area (Å²) in [7, 11) is 0. The molecule has 0 radical (unpaired) electrons. The lowest BCUT2D eigenvalue weighted by molar-refractivity contribution is -0.148. The summed E-state index contributed by atoms with van der Waals surface area (Å²) < 4.78 is 9.35. The maximum absolute atomic E-state index is 10.9. The van der Waals surface area contributed by atoms with E-state index in [0.717, 1.165) is 0 Å². The molecule has 0 aliphatic heterocycles. The first-order chi connectivity index (χ1) is 8.11. The molecular formula is C9H13N3O5. The molecule has 0 atom stereocenters. The quantitative estimate of drug-likeness (QED) is 0.543. The fourth-order valence-electron chi connectivity index (χ4n) is 0.938. The molecule has 17 heavy (non-hydrogen) atoms. The average Bonchev–Trinajstić information content (AvgIpc) is 2.65. The van der Waals surface area contributed by atoms with Crippen LogP contribution in [-0.4, -0.2) is 35.3 Å². The van der Waals surface area contributed by atoms with Crippen molar-refractivity contribution < 1.29 is 23.9 Å². The van der Waals surface area contributed by atoms with E-state index in [4.69, 9.17) is 9.57 Å². The maximum atomic E-state index is 10.9. The molecule has 1 heterocycles. The molecule has 0 saturated carbocycles. The number of hydrogen-bond donors (Lipinski definition) is 2. The normalized spacial score (nSPS) is 11.1. The first-order valence-electron chi connectivity index (χ1n) is 4.89. The third-order valence-electron chi connectivity index (χ3n) is 1.49. The van der Waals surface area contributed by atoms with Gasteiger partial charge in [0, 0.05) is 13.0 Å². The molecule has 1 aromatic rings. The van der Waals surface area contributed by atoms with Gasteiger partial charge in [-0.2, -0.15) is 0 Å². The second kappa shape index (κ2) is 6.36. The van der Waals surface area contributed by atoms with E-state index in [-0.39, 0.29) is 24.6 Å². The number of carbonyl (C=O) groups excluding carboxylic acids is 2. The molecule has 0 aliphatic rings. The monoisotopic (exact) mass is 243 g/mol. The zero-order valence-corrected chi connectivity index (χ0v) is 9.48. The second-order valence-electron chi connectivity index (χ2n) is 2.91. The SMILES string of the molecule is CCOC(=O)CO/N=c1/cc(OC(C)=O)[nH][nH]1. The minimum Gasteiger partial charge on any atom is -0.463 e. The number of hydrogen-bond acceptors (Lipinski definition) is 6. The summed E-state index contributed by atoms with van der Waals surface area (Å²) in [5, 5.41) is 8.69. The fraction of sp³-hybridized carbons (Fsp3) is 0.444. The topological polar surface area (TPSA) is 106 Å². The van der Waals surface area contributed by atoms with Crippen molar-refractivity contribution in [2.24, 2.45) is 5.16 Å². The van der Waals surface area contributed by atoms with E-state index < -0.39 is 11.9 Å². The lowest BCUT2D eigenvalue weighted by Gasteiger charge is -1.98. The summed E-state index contributed by atoms with van der Waals surface area (Å²) in [6, 6.07) is 1.41. The number of aromatic nitrogens is 2. The highest BCUT2D eigenvalue weighted by Crippen LogP contribution is 1.98. The molecule has 0 amide bonds. The van der Waals surface area contributed by atoms with Crippen molar-refractivity contribution in [1.82, 2.24) is 10.2 Å². The van der Waals surface area contributed by atoms with Crippen LogP contribution in [0.4, 0.5) is 0 Å². The Morgan fingerprint density at radius 1 is 1.41 bits per heavy atom. The molecule has 94 valence electrons. The Hall–Kier alpha value is -2.25. The predicted molar refractivity (Wildman–Crippen MR) is 54.6 cm³/mol. The van der Waals surface area contributed by atoms with Crippen molar-refractivity contribution in [1.29, 1.82) is 0 Å². The van der Waals surface area contributed by atoms with E-state index in [1.54, 1.807) is 6.92 Å². The molecule has 0 spiro atoms. The minimum atomic E-state index is -0.507. The number of H-pyrrole nitrogens is 2. The van der Waals surface area contributed by atoms with Crippen LogP contribution in [0, 0.1) is 0 Å². The summed E-state index contributed by atoms with van der Waals surface area (Å²) >= 11 is 0. The Bertz CT molecular complexity index is 447. The predicted octanol–water partition coefficient (Wildman–Crippen LogP) is -0.337. The Morgan fingerprint density at radius 2 is 2.18 bits per heavy atom. The smallest absolute Gasteiger partial charge is 0.347 e. The maximum Gasteiger partial charge on any atom is 0.347 e. The van der Waals surface area contributed by atoms with Gasteiger partial charge in [0.2, 0.25) is 12.5 Å². The van der Waals surface area contributed by atoms with Crippen LogP contribution in [0.25, 0.3) is 0 Å². The molecule has 0 aliphatic carbocycles. The third kappa shape index (κ3) is 4.87. The molecule has 1 aromatic heterocycles. The van der Waals surface area contributed by atoms with Gasteiger partial charge in [0.25, 0.3) is 0 Å². The van der Waals surface area contributed by atoms with Crippen LogP contribution in [0.1, 0.15) is 13.8 Å². The van der Waals surface area contributed by atoms with Gasteiger partial charge in [-0.1, -0.05) is 5.16 Å². The van der Waals surface area contributed by atoms with Crippen LogP contribution in [0.5, 0.6) is 5.88 Å².